The Morgan fingerprint density at radius 2 is 1.76 bits per heavy atom. The predicted molar refractivity (Wildman–Crippen MR) is 159 cm³/mol. The first-order valence-corrected chi connectivity index (χ1v) is 14.8. The van der Waals surface area contributed by atoms with Crippen LogP contribution in [0.3, 0.4) is 0 Å². The number of carbonyl (C=O) groups is 2. The highest BCUT2D eigenvalue weighted by molar-refractivity contribution is 6.46. The number of unbranched alkanes of at least 4 members (excludes halogenated alkanes) is 2. The van der Waals surface area contributed by atoms with Crippen LogP contribution in [0.15, 0.2) is 48.0 Å². The molecule has 0 radical (unpaired) electrons. The van der Waals surface area contributed by atoms with Crippen LogP contribution in [0.4, 0.5) is 0 Å². The van der Waals surface area contributed by atoms with E-state index in [1.807, 2.05) is 31.2 Å². The van der Waals surface area contributed by atoms with E-state index < -0.39 is 17.7 Å². The van der Waals surface area contributed by atoms with Crippen molar-refractivity contribution in [3.05, 3.63) is 64.7 Å². The number of benzene rings is 2. The van der Waals surface area contributed by atoms with Gasteiger partial charge in [-0.25, -0.2) is 0 Å². The number of Topliss-reactive ketones (excluding diaryl/α,β-unsaturated/α-hetero) is 1. The normalized spacial score (nSPS) is 19.2. The summed E-state index contributed by atoms with van der Waals surface area (Å²) in [7, 11) is 0. The molecular formula is C33H44N2O6. The first kappa shape index (κ1) is 30.6. The number of likely N-dealkylation sites (tertiary alicyclic amines) is 1. The molecular weight excluding hydrogens is 520 g/mol. The van der Waals surface area contributed by atoms with E-state index >= 15 is 0 Å². The van der Waals surface area contributed by atoms with E-state index in [0.29, 0.717) is 51.0 Å². The molecule has 0 bridgehead atoms. The third kappa shape index (κ3) is 7.68. The van der Waals surface area contributed by atoms with Crippen LogP contribution in [0.1, 0.15) is 62.8 Å². The number of nitrogens with zero attached hydrogens (tertiary/aromatic N) is 2. The second-order valence-corrected chi connectivity index (χ2v) is 11.3. The predicted octanol–water partition coefficient (Wildman–Crippen LogP) is 5.35. The van der Waals surface area contributed by atoms with Crippen molar-refractivity contribution in [2.24, 2.45) is 5.92 Å². The zero-order chi connectivity index (χ0) is 29.4. The number of aliphatic hydroxyl groups is 1. The van der Waals surface area contributed by atoms with Gasteiger partial charge in [-0.3, -0.25) is 14.5 Å². The SMILES string of the molecule is CCCCCOc1ccc(C2/C(=C(\O)c3ccc(OCC(C)C)c(C)c3)C(=O)C(=O)N2CCN2CCOCC2)cc1. The van der Waals surface area contributed by atoms with Gasteiger partial charge in [0.25, 0.3) is 11.7 Å². The summed E-state index contributed by atoms with van der Waals surface area (Å²) in [5.74, 6) is 0.394. The molecule has 2 heterocycles. The first-order valence-electron chi connectivity index (χ1n) is 14.8. The molecule has 0 aliphatic carbocycles. The van der Waals surface area contributed by atoms with E-state index in [2.05, 4.69) is 25.7 Å². The molecule has 222 valence electrons. The number of ketones is 1. The number of carbonyl (C=O) groups excluding carboxylic acids is 2. The fraction of sp³-hybridized carbons (Fsp3) is 0.515. The maximum atomic E-state index is 13.5. The Morgan fingerprint density at radius 1 is 1.02 bits per heavy atom. The van der Waals surface area contributed by atoms with E-state index in [9.17, 15) is 14.7 Å². The average Bonchev–Trinajstić information content (AvgIpc) is 3.23. The maximum Gasteiger partial charge on any atom is 0.295 e. The quantitative estimate of drug-likeness (QED) is 0.152. The van der Waals surface area contributed by atoms with Gasteiger partial charge < -0.3 is 24.2 Å². The van der Waals surface area contributed by atoms with Crippen LogP contribution in [-0.2, 0) is 14.3 Å². The van der Waals surface area contributed by atoms with Gasteiger partial charge in [0.2, 0.25) is 0 Å². The van der Waals surface area contributed by atoms with Crippen LogP contribution in [0.5, 0.6) is 11.5 Å². The summed E-state index contributed by atoms with van der Waals surface area (Å²) in [6, 6.07) is 12.1. The van der Waals surface area contributed by atoms with E-state index in [1.54, 1.807) is 23.1 Å². The molecule has 1 unspecified atom stereocenters. The van der Waals surface area contributed by atoms with Crippen LogP contribution in [-0.4, -0.2) is 79.2 Å². The molecule has 8 heteroatoms. The summed E-state index contributed by atoms with van der Waals surface area (Å²) in [6.07, 6.45) is 3.22. The van der Waals surface area contributed by atoms with Crippen molar-refractivity contribution >= 4 is 17.4 Å². The van der Waals surface area contributed by atoms with Crippen LogP contribution >= 0.6 is 0 Å². The molecule has 4 rings (SSSR count). The fourth-order valence-corrected chi connectivity index (χ4v) is 5.19. The Labute approximate surface area is 243 Å². The van der Waals surface area contributed by atoms with Gasteiger partial charge in [0.15, 0.2) is 0 Å². The number of morpholine rings is 1. The van der Waals surface area contributed by atoms with Crippen molar-refractivity contribution in [3.63, 3.8) is 0 Å². The Bertz CT molecular complexity index is 1220. The van der Waals surface area contributed by atoms with Gasteiger partial charge in [0.05, 0.1) is 38.0 Å². The summed E-state index contributed by atoms with van der Waals surface area (Å²) >= 11 is 0. The second-order valence-electron chi connectivity index (χ2n) is 11.3. The van der Waals surface area contributed by atoms with Gasteiger partial charge >= 0.3 is 0 Å². The summed E-state index contributed by atoms with van der Waals surface area (Å²) in [4.78, 5) is 30.7. The lowest BCUT2D eigenvalue weighted by molar-refractivity contribution is -0.140. The molecule has 2 aliphatic rings. The van der Waals surface area contributed by atoms with E-state index in [4.69, 9.17) is 14.2 Å². The van der Waals surface area contributed by atoms with Crippen LogP contribution in [0.2, 0.25) is 0 Å². The van der Waals surface area contributed by atoms with Crippen molar-refractivity contribution in [1.29, 1.82) is 0 Å². The number of ether oxygens (including phenoxy) is 3. The fourth-order valence-electron chi connectivity index (χ4n) is 5.19. The molecule has 2 aromatic carbocycles. The highest BCUT2D eigenvalue weighted by Crippen LogP contribution is 2.40. The molecule has 2 aliphatic heterocycles. The average molecular weight is 565 g/mol. The standard InChI is InChI=1S/C33H44N2O6/c1-5-6-7-18-40-27-11-8-25(9-12-27)30-29(31(36)26-10-13-28(24(4)21-26)41-22-23(2)3)32(37)33(38)35(30)15-14-34-16-19-39-20-17-34/h8-13,21,23,30,36H,5-7,14-20,22H2,1-4H3/b31-29+. The Morgan fingerprint density at radius 3 is 2.41 bits per heavy atom. The van der Waals surface area contributed by atoms with Gasteiger partial charge in [-0.1, -0.05) is 45.7 Å². The number of aryl methyl sites for hydroxylation is 1. The minimum absolute atomic E-state index is 0.101. The number of hydrogen-bond acceptors (Lipinski definition) is 7. The minimum atomic E-state index is -0.706. The smallest absolute Gasteiger partial charge is 0.295 e. The lowest BCUT2D eigenvalue weighted by Crippen LogP contribution is -2.42. The third-order valence-corrected chi connectivity index (χ3v) is 7.53. The van der Waals surface area contributed by atoms with E-state index in [-0.39, 0.29) is 11.3 Å². The topological polar surface area (TPSA) is 88.5 Å². The van der Waals surface area contributed by atoms with Crippen LogP contribution < -0.4 is 9.47 Å². The molecule has 2 saturated heterocycles. The lowest BCUT2D eigenvalue weighted by atomic mass is 9.94. The lowest BCUT2D eigenvalue weighted by Gasteiger charge is -2.31. The molecule has 1 atom stereocenters. The van der Waals surface area contributed by atoms with Gasteiger partial charge in [-0.2, -0.15) is 0 Å². The summed E-state index contributed by atoms with van der Waals surface area (Å²) in [5, 5.41) is 11.5. The highest BCUT2D eigenvalue weighted by Gasteiger charge is 2.46. The van der Waals surface area contributed by atoms with Gasteiger partial charge in [-0.15, -0.1) is 0 Å². The summed E-state index contributed by atoms with van der Waals surface area (Å²) in [5.41, 5.74) is 2.18. The highest BCUT2D eigenvalue weighted by atomic mass is 16.5. The molecule has 1 N–H and O–H groups in total. The van der Waals surface area contributed by atoms with Crippen molar-refractivity contribution in [3.8, 4) is 11.5 Å². The number of hydrogen-bond donors (Lipinski definition) is 1. The maximum absolute atomic E-state index is 13.5. The van der Waals surface area contributed by atoms with Crippen LogP contribution in [0, 0.1) is 12.8 Å². The van der Waals surface area contributed by atoms with Gasteiger partial charge in [0, 0.05) is 31.7 Å². The molecule has 2 aromatic rings. The number of amides is 1. The Balaban J connectivity index is 1.65. The zero-order valence-corrected chi connectivity index (χ0v) is 24.9. The van der Waals surface area contributed by atoms with Crippen molar-refractivity contribution < 1.29 is 28.9 Å². The van der Waals surface area contributed by atoms with Crippen molar-refractivity contribution in [2.45, 2.75) is 53.0 Å². The largest absolute Gasteiger partial charge is 0.507 e. The van der Waals surface area contributed by atoms with Gasteiger partial charge in [0.1, 0.15) is 17.3 Å². The van der Waals surface area contributed by atoms with E-state index in [0.717, 1.165) is 55.0 Å². The molecule has 0 saturated carbocycles. The Kier molecular flexibility index (Phi) is 10.8. The monoisotopic (exact) mass is 564 g/mol. The molecule has 2 fully saturated rings. The number of aliphatic hydroxyl groups excluding tert-OH is 1. The molecule has 1 amide bonds. The van der Waals surface area contributed by atoms with Gasteiger partial charge in [-0.05, 0) is 60.7 Å². The first-order chi connectivity index (χ1) is 19.8. The third-order valence-electron chi connectivity index (χ3n) is 7.53. The summed E-state index contributed by atoms with van der Waals surface area (Å²) in [6.45, 7) is 13.3. The van der Waals surface area contributed by atoms with E-state index in [1.165, 1.54) is 0 Å². The zero-order valence-electron chi connectivity index (χ0n) is 24.9. The molecule has 0 spiro atoms. The summed E-state index contributed by atoms with van der Waals surface area (Å²) < 4.78 is 17.2. The minimum Gasteiger partial charge on any atom is -0.507 e. The second kappa shape index (κ2) is 14.5. The molecule has 0 aromatic heterocycles. The van der Waals surface area contributed by atoms with Crippen molar-refractivity contribution in [2.75, 3.05) is 52.6 Å². The van der Waals surface area contributed by atoms with Crippen LogP contribution in [0.25, 0.3) is 5.76 Å². The van der Waals surface area contributed by atoms with Crippen molar-refractivity contribution in [1.82, 2.24) is 9.80 Å². The number of rotatable bonds is 13. The molecule has 8 nitrogen and oxygen atoms in total. The Hall–Kier alpha value is -3.36. The molecule has 41 heavy (non-hydrogen) atoms.